The van der Waals surface area contributed by atoms with E-state index in [-0.39, 0.29) is 17.8 Å². The fourth-order valence-electron chi connectivity index (χ4n) is 3.37. The summed E-state index contributed by atoms with van der Waals surface area (Å²) in [5.74, 6) is 0.268. The van der Waals surface area contributed by atoms with Crippen molar-refractivity contribution in [2.75, 3.05) is 13.1 Å². The maximum Gasteiger partial charge on any atom is 0.230 e. The Balaban J connectivity index is 1.83. The van der Waals surface area contributed by atoms with Crippen LogP contribution in [0.2, 0.25) is 0 Å². The molecule has 1 atom stereocenters. The lowest BCUT2D eigenvalue weighted by molar-refractivity contribution is 0.0683. The van der Waals surface area contributed by atoms with Gasteiger partial charge in [0, 0.05) is 18.7 Å². The SMILES string of the molecule is Cc1nc2sc([C@@H](c3ccccc3F)N3CCC(O)CC3)c(O)n2n1. The lowest BCUT2D eigenvalue weighted by Gasteiger charge is -2.36. The van der Waals surface area contributed by atoms with E-state index < -0.39 is 6.04 Å². The van der Waals surface area contributed by atoms with Crippen molar-refractivity contribution in [3.8, 4) is 5.88 Å². The van der Waals surface area contributed by atoms with Crippen LogP contribution < -0.4 is 0 Å². The van der Waals surface area contributed by atoms with Crippen molar-refractivity contribution in [2.24, 2.45) is 0 Å². The van der Waals surface area contributed by atoms with Gasteiger partial charge in [-0.3, -0.25) is 4.90 Å². The molecule has 132 valence electrons. The molecule has 8 heteroatoms. The number of likely N-dealkylation sites (tertiary alicyclic amines) is 1. The second-order valence-electron chi connectivity index (χ2n) is 6.33. The van der Waals surface area contributed by atoms with Crippen LogP contribution in [0.25, 0.3) is 4.96 Å². The van der Waals surface area contributed by atoms with Crippen molar-refractivity contribution in [3.63, 3.8) is 0 Å². The van der Waals surface area contributed by atoms with Gasteiger partial charge in [0.15, 0.2) is 0 Å². The van der Waals surface area contributed by atoms with Crippen LogP contribution in [0.4, 0.5) is 4.39 Å². The molecule has 3 heterocycles. The molecule has 0 unspecified atom stereocenters. The Kier molecular flexibility index (Phi) is 4.18. The summed E-state index contributed by atoms with van der Waals surface area (Å²) in [4.78, 5) is 7.62. The van der Waals surface area contributed by atoms with Gasteiger partial charge in [-0.25, -0.2) is 9.37 Å². The second-order valence-corrected chi connectivity index (χ2v) is 7.34. The van der Waals surface area contributed by atoms with E-state index in [1.165, 1.54) is 21.9 Å². The van der Waals surface area contributed by atoms with Crippen LogP contribution in [-0.2, 0) is 0 Å². The second kappa shape index (κ2) is 6.36. The van der Waals surface area contributed by atoms with Crippen LogP contribution in [0.15, 0.2) is 24.3 Å². The number of aliphatic hydroxyl groups excluding tert-OH is 1. The highest BCUT2D eigenvalue weighted by Crippen LogP contribution is 2.41. The van der Waals surface area contributed by atoms with Gasteiger partial charge < -0.3 is 10.2 Å². The summed E-state index contributed by atoms with van der Waals surface area (Å²) in [5.41, 5.74) is 0.510. The first kappa shape index (κ1) is 16.4. The van der Waals surface area contributed by atoms with Crippen LogP contribution in [-0.4, -0.2) is 48.9 Å². The highest BCUT2D eigenvalue weighted by molar-refractivity contribution is 7.17. The summed E-state index contributed by atoms with van der Waals surface area (Å²) in [5, 5.41) is 24.7. The van der Waals surface area contributed by atoms with Crippen molar-refractivity contribution in [2.45, 2.75) is 31.9 Å². The number of hydrogen-bond acceptors (Lipinski definition) is 6. The van der Waals surface area contributed by atoms with Crippen LogP contribution >= 0.6 is 11.3 Å². The monoisotopic (exact) mass is 362 g/mol. The molecule has 1 aromatic carbocycles. The Hall–Kier alpha value is -2.03. The number of aryl methyl sites for hydroxylation is 1. The first-order valence-corrected chi connectivity index (χ1v) is 9.08. The average molecular weight is 362 g/mol. The van der Waals surface area contributed by atoms with Gasteiger partial charge in [-0.15, -0.1) is 5.10 Å². The van der Waals surface area contributed by atoms with Gasteiger partial charge in [0.2, 0.25) is 10.8 Å². The molecule has 2 N–H and O–H groups in total. The largest absolute Gasteiger partial charge is 0.492 e. The average Bonchev–Trinajstić information content (AvgIpc) is 3.09. The Morgan fingerprint density at radius 1 is 1.28 bits per heavy atom. The Labute approximate surface area is 148 Å². The highest BCUT2D eigenvalue weighted by atomic mass is 32.1. The minimum atomic E-state index is -0.428. The Morgan fingerprint density at radius 3 is 2.68 bits per heavy atom. The van der Waals surface area contributed by atoms with E-state index in [9.17, 15) is 14.6 Å². The zero-order chi connectivity index (χ0) is 17.6. The summed E-state index contributed by atoms with van der Waals surface area (Å²) in [6.45, 7) is 3.03. The third-order valence-corrected chi connectivity index (χ3v) is 5.69. The lowest BCUT2D eigenvalue weighted by atomic mass is 9.99. The van der Waals surface area contributed by atoms with Crippen molar-refractivity contribution >= 4 is 16.3 Å². The molecule has 0 aliphatic carbocycles. The van der Waals surface area contributed by atoms with Gasteiger partial charge in [-0.05, 0) is 25.8 Å². The van der Waals surface area contributed by atoms with E-state index in [2.05, 4.69) is 15.0 Å². The number of hydrogen-bond donors (Lipinski definition) is 2. The molecule has 2 aromatic heterocycles. The molecule has 0 radical (unpaired) electrons. The summed E-state index contributed by atoms with van der Waals surface area (Å²) in [6.07, 6.45) is 0.938. The van der Waals surface area contributed by atoms with E-state index in [0.29, 0.717) is 47.2 Å². The quantitative estimate of drug-likeness (QED) is 0.749. The van der Waals surface area contributed by atoms with E-state index in [4.69, 9.17) is 0 Å². The molecule has 0 amide bonds. The highest BCUT2D eigenvalue weighted by Gasteiger charge is 2.33. The van der Waals surface area contributed by atoms with Crippen LogP contribution in [0, 0.1) is 12.7 Å². The summed E-state index contributed by atoms with van der Waals surface area (Å²) in [7, 11) is 0. The minimum absolute atomic E-state index is 0.0000231. The standard InChI is InChI=1S/C17H19FN4O2S/c1-10-19-17-22(20-10)16(24)15(25-17)14(12-4-2-3-5-13(12)18)21-8-6-11(23)7-9-21/h2-5,11,14,23-24H,6-9H2,1H3/t14-/m1/s1. The van der Waals surface area contributed by atoms with E-state index in [0.717, 1.165) is 0 Å². The van der Waals surface area contributed by atoms with Gasteiger partial charge in [-0.1, -0.05) is 29.5 Å². The number of thiazole rings is 1. The third-order valence-electron chi connectivity index (χ3n) is 4.62. The number of fused-ring (bicyclic) bond motifs is 1. The van der Waals surface area contributed by atoms with Gasteiger partial charge in [0.1, 0.15) is 11.6 Å². The first-order valence-electron chi connectivity index (χ1n) is 8.26. The maximum atomic E-state index is 14.5. The number of aromatic hydroxyl groups is 1. The Bertz CT molecular complexity index is 901. The van der Waals surface area contributed by atoms with E-state index in [1.54, 1.807) is 25.1 Å². The fraction of sp³-hybridized carbons (Fsp3) is 0.412. The fourth-order valence-corrected chi connectivity index (χ4v) is 4.52. The summed E-state index contributed by atoms with van der Waals surface area (Å²) >= 11 is 1.32. The molecule has 1 fully saturated rings. The Morgan fingerprint density at radius 2 is 2.00 bits per heavy atom. The first-order chi connectivity index (χ1) is 12.0. The number of nitrogens with zero attached hydrogens (tertiary/aromatic N) is 4. The molecular formula is C17H19FN4O2S. The van der Waals surface area contributed by atoms with Crippen molar-refractivity contribution < 1.29 is 14.6 Å². The molecule has 1 aliphatic heterocycles. The normalized spacial score (nSPS) is 18.0. The molecule has 1 saturated heterocycles. The van der Waals surface area contributed by atoms with Gasteiger partial charge >= 0.3 is 0 Å². The zero-order valence-electron chi connectivity index (χ0n) is 13.8. The van der Waals surface area contributed by atoms with Crippen molar-refractivity contribution in [3.05, 3.63) is 46.3 Å². The van der Waals surface area contributed by atoms with Crippen LogP contribution in [0.1, 0.15) is 35.1 Å². The van der Waals surface area contributed by atoms with Gasteiger partial charge in [0.25, 0.3) is 0 Å². The number of rotatable bonds is 3. The smallest absolute Gasteiger partial charge is 0.230 e. The molecule has 6 nitrogen and oxygen atoms in total. The van der Waals surface area contributed by atoms with Crippen LogP contribution in [0.3, 0.4) is 0 Å². The zero-order valence-corrected chi connectivity index (χ0v) is 14.6. The predicted molar refractivity (Wildman–Crippen MR) is 92.3 cm³/mol. The predicted octanol–water partition coefficient (Wildman–Crippen LogP) is 2.49. The number of piperidine rings is 1. The number of aliphatic hydroxyl groups is 1. The van der Waals surface area contributed by atoms with Gasteiger partial charge in [0.05, 0.1) is 17.0 Å². The molecule has 1 aliphatic rings. The van der Waals surface area contributed by atoms with Gasteiger partial charge in [-0.2, -0.15) is 4.52 Å². The molecule has 4 rings (SSSR count). The molecule has 25 heavy (non-hydrogen) atoms. The summed E-state index contributed by atoms with van der Waals surface area (Å²) < 4.78 is 15.9. The van der Waals surface area contributed by atoms with E-state index >= 15 is 0 Å². The van der Waals surface area contributed by atoms with Crippen molar-refractivity contribution in [1.82, 2.24) is 19.5 Å². The topological polar surface area (TPSA) is 73.9 Å². The molecule has 0 bridgehead atoms. The van der Waals surface area contributed by atoms with Crippen LogP contribution in [0.5, 0.6) is 5.88 Å². The minimum Gasteiger partial charge on any atom is -0.492 e. The molecule has 0 spiro atoms. The molecule has 3 aromatic rings. The lowest BCUT2D eigenvalue weighted by Crippen LogP contribution is -2.39. The van der Waals surface area contributed by atoms with Crippen molar-refractivity contribution in [1.29, 1.82) is 0 Å². The number of halogens is 1. The third kappa shape index (κ3) is 2.90. The molecular weight excluding hydrogens is 343 g/mol. The summed E-state index contributed by atoms with van der Waals surface area (Å²) in [6, 6.07) is 6.19. The number of benzene rings is 1. The van der Waals surface area contributed by atoms with E-state index in [1.807, 2.05) is 0 Å². The molecule has 0 saturated carbocycles. The maximum absolute atomic E-state index is 14.5. The number of aromatic nitrogens is 3.